The first kappa shape index (κ1) is 16.2. The van der Waals surface area contributed by atoms with E-state index in [-0.39, 0.29) is 5.02 Å². The second-order valence-electron chi connectivity index (χ2n) is 6.00. The molecule has 0 spiro atoms. The lowest BCUT2D eigenvalue weighted by Crippen LogP contribution is -2.41. The molecule has 2 N–H and O–H groups in total. The van der Waals surface area contributed by atoms with Gasteiger partial charge in [0.1, 0.15) is 17.2 Å². The highest BCUT2D eigenvalue weighted by Crippen LogP contribution is 2.32. The topological polar surface area (TPSA) is 48.4 Å². The van der Waals surface area contributed by atoms with Gasteiger partial charge >= 0.3 is 0 Å². The molecule has 4 nitrogen and oxygen atoms in total. The summed E-state index contributed by atoms with van der Waals surface area (Å²) in [5.74, 6) is 0.136. The van der Waals surface area contributed by atoms with Crippen molar-refractivity contribution in [3.63, 3.8) is 0 Å². The van der Waals surface area contributed by atoms with Crippen LogP contribution < -0.4 is 5.32 Å². The van der Waals surface area contributed by atoms with Gasteiger partial charge in [0.25, 0.3) is 0 Å². The predicted molar refractivity (Wildman–Crippen MR) is 89.6 cm³/mol. The lowest BCUT2D eigenvalue weighted by molar-refractivity contribution is -0.0237. The first-order chi connectivity index (χ1) is 11.0. The van der Waals surface area contributed by atoms with E-state index in [0.717, 1.165) is 13.1 Å². The van der Waals surface area contributed by atoms with E-state index in [0.29, 0.717) is 30.0 Å². The maximum absolute atomic E-state index is 13.2. The van der Waals surface area contributed by atoms with Crippen molar-refractivity contribution in [3.05, 3.63) is 52.9 Å². The summed E-state index contributed by atoms with van der Waals surface area (Å²) in [7, 11) is 2.04. The van der Waals surface area contributed by atoms with Gasteiger partial charge in [0.15, 0.2) is 0 Å². The molecular weight excluding hydrogens is 317 g/mol. The normalized spacial score (nSPS) is 17.9. The van der Waals surface area contributed by atoms with Crippen LogP contribution in [0.2, 0.25) is 5.02 Å². The Balaban J connectivity index is 1.81. The minimum Gasteiger partial charge on any atom is -0.383 e. The summed E-state index contributed by atoms with van der Waals surface area (Å²) < 4.78 is 13.2. The van der Waals surface area contributed by atoms with Crippen molar-refractivity contribution < 1.29 is 9.50 Å². The van der Waals surface area contributed by atoms with E-state index in [1.165, 1.54) is 12.1 Å². The monoisotopic (exact) mass is 335 g/mol. The van der Waals surface area contributed by atoms with Crippen LogP contribution in [0.25, 0.3) is 0 Å². The molecule has 0 bridgehead atoms. The van der Waals surface area contributed by atoms with Gasteiger partial charge in [0.2, 0.25) is 0 Å². The molecule has 2 aromatic rings. The summed E-state index contributed by atoms with van der Waals surface area (Å²) in [6, 6.07) is 9.91. The molecule has 1 saturated heterocycles. The van der Waals surface area contributed by atoms with Crippen molar-refractivity contribution in [1.29, 1.82) is 0 Å². The Morgan fingerprint density at radius 1 is 1.26 bits per heavy atom. The lowest BCUT2D eigenvalue weighted by atomic mass is 9.88. The average molecular weight is 336 g/mol. The third-order valence-corrected chi connectivity index (χ3v) is 4.52. The van der Waals surface area contributed by atoms with E-state index in [1.807, 2.05) is 19.2 Å². The highest BCUT2D eigenvalue weighted by Gasteiger charge is 2.34. The predicted octanol–water partition coefficient (Wildman–Crippen LogP) is 3.53. The van der Waals surface area contributed by atoms with Crippen LogP contribution in [-0.4, -0.2) is 35.1 Å². The van der Waals surface area contributed by atoms with Crippen LogP contribution in [0, 0.1) is 5.82 Å². The van der Waals surface area contributed by atoms with Crippen LogP contribution in [0.4, 0.5) is 15.9 Å². The molecule has 122 valence electrons. The summed E-state index contributed by atoms with van der Waals surface area (Å²) in [4.78, 5) is 6.72. The number of rotatable bonds is 3. The summed E-state index contributed by atoms with van der Waals surface area (Å²) in [5, 5.41) is 14.0. The third-order valence-electron chi connectivity index (χ3n) is 4.23. The summed E-state index contributed by atoms with van der Waals surface area (Å²) in [6.45, 7) is 1.67. The number of hydrogen-bond acceptors (Lipinski definition) is 4. The van der Waals surface area contributed by atoms with Gasteiger partial charge in [0.05, 0.1) is 10.7 Å². The van der Waals surface area contributed by atoms with Crippen molar-refractivity contribution >= 4 is 23.1 Å². The smallest absolute Gasteiger partial charge is 0.141 e. The number of nitrogens with zero attached hydrogens (tertiary/aromatic N) is 2. The SMILES string of the molecule is CN1CCC(O)(c2cccc(Nc3ccc(F)c(Cl)c3)n2)CC1. The first-order valence-corrected chi connectivity index (χ1v) is 7.95. The minimum absolute atomic E-state index is 0.0556. The van der Waals surface area contributed by atoms with Crippen LogP contribution >= 0.6 is 11.6 Å². The first-order valence-electron chi connectivity index (χ1n) is 7.57. The van der Waals surface area contributed by atoms with Gasteiger partial charge in [-0.15, -0.1) is 0 Å². The Labute approximate surface area is 139 Å². The summed E-state index contributed by atoms with van der Waals surface area (Å²) in [6.07, 6.45) is 1.31. The summed E-state index contributed by atoms with van der Waals surface area (Å²) >= 11 is 5.79. The molecule has 2 heterocycles. The zero-order valence-electron chi connectivity index (χ0n) is 12.9. The number of aromatic nitrogens is 1. The maximum Gasteiger partial charge on any atom is 0.141 e. The molecule has 6 heteroatoms. The molecule has 1 aromatic carbocycles. The fourth-order valence-corrected chi connectivity index (χ4v) is 2.91. The largest absolute Gasteiger partial charge is 0.383 e. The molecule has 0 unspecified atom stereocenters. The number of aliphatic hydroxyl groups is 1. The van der Waals surface area contributed by atoms with Crippen molar-refractivity contribution in [2.75, 3.05) is 25.5 Å². The number of anilines is 2. The number of pyridine rings is 1. The quantitative estimate of drug-likeness (QED) is 0.901. The van der Waals surface area contributed by atoms with Crippen molar-refractivity contribution in [2.24, 2.45) is 0 Å². The van der Waals surface area contributed by atoms with Crippen molar-refractivity contribution in [1.82, 2.24) is 9.88 Å². The highest BCUT2D eigenvalue weighted by molar-refractivity contribution is 6.31. The van der Waals surface area contributed by atoms with Crippen LogP contribution in [-0.2, 0) is 5.60 Å². The molecule has 1 aliphatic heterocycles. The minimum atomic E-state index is -0.898. The summed E-state index contributed by atoms with van der Waals surface area (Å²) in [5.41, 5.74) is 0.408. The van der Waals surface area contributed by atoms with Gasteiger partial charge in [-0.2, -0.15) is 0 Å². The molecule has 0 amide bonds. The zero-order chi connectivity index (χ0) is 16.4. The van der Waals surface area contributed by atoms with E-state index in [2.05, 4.69) is 15.2 Å². The Morgan fingerprint density at radius 2 is 2.00 bits per heavy atom. The van der Waals surface area contributed by atoms with Gasteiger partial charge in [-0.1, -0.05) is 17.7 Å². The lowest BCUT2D eigenvalue weighted by Gasteiger charge is -2.36. The van der Waals surface area contributed by atoms with E-state index in [4.69, 9.17) is 11.6 Å². The van der Waals surface area contributed by atoms with Gasteiger partial charge in [-0.25, -0.2) is 9.37 Å². The molecule has 0 aliphatic carbocycles. The molecule has 0 atom stereocenters. The second kappa shape index (κ2) is 6.43. The van der Waals surface area contributed by atoms with Crippen LogP contribution in [0.15, 0.2) is 36.4 Å². The molecule has 3 rings (SSSR count). The maximum atomic E-state index is 13.2. The number of hydrogen-bond donors (Lipinski definition) is 2. The Bertz CT molecular complexity index is 702. The Morgan fingerprint density at radius 3 is 2.70 bits per heavy atom. The van der Waals surface area contributed by atoms with Crippen LogP contribution in [0.3, 0.4) is 0 Å². The van der Waals surface area contributed by atoms with Gasteiger partial charge in [-0.3, -0.25) is 0 Å². The molecule has 1 aromatic heterocycles. The van der Waals surface area contributed by atoms with Crippen LogP contribution in [0.5, 0.6) is 0 Å². The molecule has 0 saturated carbocycles. The second-order valence-corrected chi connectivity index (χ2v) is 6.40. The van der Waals surface area contributed by atoms with E-state index in [1.54, 1.807) is 12.1 Å². The fraction of sp³-hybridized carbons (Fsp3) is 0.353. The van der Waals surface area contributed by atoms with Gasteiger partial charge in [-0.05, 0) is 50.2 Å². The molecule has 23 heavy (non-hydrogen) atoms. The number of halogens is 2. The molecule has 1 fully saturated rings. The zero-order valence-corrected chi connectivity index (χ0v) is 13.6. The van der Waals surface area contributed by atoms with Crippen molar-refractivity contribution in [2.45, 2.75) is 18.4 Å². The van der Waals surface area contributed by atoms with Crippen LogP contribution in [0.1, 0.15) is 18.5 Å². The molecule has 1 aliphatic rings. The average Bonchev–Trinajstić information content (AvgIpc) is 2.54. The molecule has 0 radical (unpaired) electrons. The standard InChI is InChI=1S/C17H19ClFN3O/c1-22-9-7-17(23,8-10-22)15-3-2-4-16(21-15)20-12-5-6-14(19)13(18)11-12/h2-6,11,23H,7-10H2,1H3,(H,20,21). The Kier molecular flexibility index (Phi) is 4.53. The fourth-order valence-electron chi connectivity index (χ4n) is 2.73. The van der Waals surface area contributed by atoms with E-state index in [9.17, 15) is 9.50 Å². The molecular formula is C17H19ClFN3O. The Hall–Kier alpha value is -1.69. The highest BCUT2D eigenvalue weighted by atomic mass is 35.5. The van der Waals surface area contributed by atoms with Crippen molar-refractivity contribution in [3.8, 4) is 0 Å². The number of benzene rings is 1. The number of nitrogens with one attached hydrogen (secondary N) is 1. The van der Waals surface area contributed by atoms with E-state index >= 15 is 0 Å². The van der Waals surface area contributed by atoms with Gasteiger partial charge < -0.3 is 15.3 Å². The third kappa shape index (κ3) is 3.63. The van der Waals surface area contributed by atoms with E-state index < -0.39 is 11.4 Å². The van der Waals surface area contributed by atoms with Gasteiger partial charge in [0, 0.05) is 18.8 Å². The number of likely N-dealkylation sites (tertiary alicyclic amines) is 1. The number of piperidine rings is 1.